The molecular formula is C20H31N5O3. The van der Waals surface area contributed by atoms with E-state index < -0.39 is 5.54 Å². The second kappa shape index (κ2) is 9.45. The van der Waals surface area contributed by atoms with Crippen LogP contribution >= 0.6 is 0 Å². The van der Waals surface area contributed by atoms with Crippen LogP contribution < -0.4 is 10.6 Å². The number of nitrogens with zero attached hydrogens (tertiary/aromatic N) is 3. The third-order valence-corrected chi connectivity index (χ3v) is 5.53. The maximum absolute atomic E-state index is 13.2. The molecule has 8 nitrogen and oxygen atoms in total. The maximum atomic E-state index is 13.2. The fourth-order valence-electron chi connectivity index (χ4n) is 3.72. The lowest BCUT2D eigenvalue weighted by molar-refractivity contribution is 0.0800. The molecule has 1 aromatic heterocycles. The normalized spacial score (nSPS) is 23.0. The first-order chi connectivity index (χ1) is 13.5. The SMILES string of the molecule is CCOCCN1CCN(C(=O)N[C@]2(C(=O)c3ccc(C)nc3)CCNC2)CC1. The Morgan fingerprint density at radius 2 is 2.07 bits per heavy atom. The molecule has 2 aliphatic heterocycles. The molecule has 2 fully saturated rings. The standard InChI is InChI=1S/C20H31N5O3/c1-3-28-13-12-24-8-10-25(11-9-24)19(27)23-20(6-7-21-15-20)18(26)17-5-4-16(2)22-14-17/h4-5,14,21H,3,6-13,15H2,1-2H3,(H,23,27)/t20-/m1/s1. The van der Waals surface area contributed by atoms with Crippen molar-refractivity contribution in [3.8, 4) is 0 Å². The van der Waals surface area contributed by atoms with Crippen LogP contribution in [0.15, 0.2) is 18.3 Å². The van der Waals surface area contributed by atoms with E-state index >= 15 is 0 Å². The highest BCUT2D eigenvalue weighted by Crippen LogP contribution is 2.21. The van der Waals surface area contributed by atoms with E-state index in [0.29, 0.717) is 38.2 Å². The average Bonchev–Trinajstić information content (AvgIpc) is 3.18. The molecule has 2 amide bonds. The number of ether oxygens (including phenoxy) is 1. The highest BCUT2D eigenvalue weighted by molar-refractivity contribution is 6.05. The first-order valence-corrected chi connectivity index (χ1v) is 10.1. The van der Waals surface area contributed by atoms with Crippen molar-refractivity contribution < 1.29 is 14.3 Å². The lowest BCUT2D eigenvalue weighted by atomic mass is 9.89. The zero-order valence-electron chi connectivity index (χ0n) is 16.9. The molecular weight excluding hydrogens is 358 g/mol. The maximum Gasteiger partial charge on any atom is 0.318 e. The van der Waals surface area contributed by atoms with Gasteiger partial charge in [0, 0.05) is 63.3 Å². The minimum atomic E-state index is -0.903. The van der Waals surface area contributed by atoms with E-state index in [1.165, 1.54) is 0 Å². The summed E-state index contributed by atoms with van der Waals surface area (Å²) in [5.74, 6) is -0.0753. The van der Waals surface area contributed by atoms with Crippen molar-refractivity contribution in [1.29, 1.82) is 0 Å². The molecule has 2 saturated heterocycles. The summed E-state index contributed by atoms with van der Waals surface area (Å²) < 4.78 is 5.40. The number of aryl methyl sites for hydroxylation is 1. The number of Topliss-reactive ketones (excluding diaryl/α,β-unsaturated/α-hetero) is 1. The molecule has 8 heteroatoms. The van der Waals surface area contributed by atoms with Gasteiger partial charge in [0.2, 0.25) is 0 Å². The Kier molecular flexibility index (Phi) is 6.98. The number of nitrogens with one attached hydrogen (secondary N) is 2. The Labute approximate surface area is 166 Å². The minimum absolute atomic E-state index is 0.0753. The summed E-state index contributed by atoms with van der Waals surface area (Å²) in [6.45, 7) is 10.3. The molecule has 0 unspecified atom stereocenters. The van der Waals surface area contributed by atoms with Gasteiger partial charge < -0.3 is 20.3 Å². The van der Waals surface area contributed by atoms with Crippen molar-refractivity contribution in [3.63, 3.8) is 0 Å². The Morgan fingerprint density at radius 1 is 1.29 bits per heavy atom. The molecule has 0 radical (unpaired) electrons. The summed E-state index contributed by atoms with van der Waals surface area (Å²) in [5.41, 5.74) is 0.497. The first kappa shape index (κ1) is 20.7. The lowest BCUT2D eigenvalue weighted by Gasteiger charge is -2.37. The number of hydrogen-bond acceptors (Lipinski definition) is 6. The van der Waals surface area contributed by atoms with Crippen LogP contribution in [0.1, 0.15) is 29.4 Å². The molecule has 154 valence electrons. The van der Waals surface area contributed by atoms with Crippen LogP contribution in [0.3, 0.4) is 0 Å². The van der Waals surface area contributed by atoms with Crippen molar-refractivity contribution in [2.45, 2.75) is 25.8 Å². The first-order valence-electron chi connectivity index (χ1n) is 10.1. The molecule has 0 bridgehead atoms. The van der Waals surface area contributed by atoms with Gasteiger partial charge in [-0.15, -0.1) is 0 Å². The molecule has 1 aromatic rings. The molecule has 0 saturated carbocycles. The summed E-state index contributed by atoms with van der Waals surface area (Å²) in [7, 11) is 0. The van der Waals surface area contributed by atoms with Gasteiger partial charge >= 0.3 is 6.03 Å². The fourth-order valence-corrected chi connectivity index (χ4v) is 3.72. The van der Waals surface area contributed by atoms with E-state index in [9.17, 15) is 9.59 Å². The van der Waals surface area contributed by atoms with Gasteiger partial charge in [-0.2, -0.15) is 0 Å². The van der Waals surface area contributed by atoms with Crippen molar-refractivity contribution in [3.05, 3.63) is 29.6 Å². The van der Waals surface area contributed by atoms with Gasteiger partial charge in [0.05, 0.1) is 6.61 Å². The van der Waals surface area contributed by atoms with E-state index in [2.05, 4.69) is 20.5 Å². The number of hydrogen-bond donors (Lipinski definition) is 2. The number of piperazine rings is 1. The van der Waals surface area contributed by atoms with Crippen LogP contribution in [-0.2, 0) is 4.74 Å². The van der Waals surface area contributed by atoms with E-state index in [1.807, 2.05) is 19.9 Å². The van der Waals surface area contributed by atoms with E-state index in [-0.39, 0.29) is 11.8 Å². The van der Waals surface area contributed by atoms with Crippen molar-refractivity contribution in [2.24, 2.45) is 0 Å². The van der Waals surface area contributed by atoms with E-state index in [1.54, 1.807) is 17.2 Å². The van der Waals surface area contributed by atoms with Crippen LogP contribution in [0, 0.1) is 6.92 Å². The Balaban J connectivity index is 1.59. The number of carbonyl (C=O) groups excluding carboxylic acids is 2. The van der Waals surface area contributed by atoms with Crippen LogP contribution in [0.4, 0.5) is 4.79 Å². The molecule has 0 aliphatic carbocycles. The molecule has 2 aliphatic rings. The van der Waals surface area contributed by atoms with E-state index in [0.717, 1.165) is 38.5 Å². The van der Waals surface area contributed by atoms with Crippen molar-refractivity contribution >= 4 is 11.8 Å². The number of pyridine rings is 1. The molecule has 28 heavy (non-hydrogen) atoms. The average molecular weight is 390 g/mol. The van der Waals surface area contributed by atoms with Crippen LogP contribution in [0.2, 0.25) is 0 Å². The molecule has 0 aromatic carbocycles. The summed E-state index contributed by atoms with van der Waals surface area (Å²) in [4.78, 5) is 34.4. The molecule has 3 heterocycles. The van der Waals surface area contributed by atoms with Gasteiger partial charge in [0.25, 0.3) is 0 Å². The monoisotopic (exact) mass is 389 g/mol. The van der Waals surface area contributed by atoms with E-state index in [4.69, 9.17) is 4.74 Å². The smallest absolute Gasteiger partial charge is 0.318 e. The van der Waals surface area contributed by atoms with Crippen molar-refractivity contribution in [1.82, 2.24) is 25.4 Å². The van der Waals surface area contributed by atoms with Gasteiger partial charge in [-0.3, -0.25) is 14.7 Å². The fraction of sp³-hybridized carbons (Fsp3) is 0.650. The summed E-state index contributed by atoms with van der Waals surface area (Å²) >= 11 is 0. The Morgan fingerprint density at radius 3 is 2.68 bits per heavy atom. The number of rotatable bonds is 7. The summed E-state index contributed by atoms with van der Waals surface area (Å²) in [5, 5.41) is 6.27. The predicted molar refractivity (Wildman–Crippen MR) is 107 cm³/mol. The largest absolute Gasteiger partial charge is 0.380 e. The minimum Gasteiger partial charge on any atom is -0.380 e. The third-order valence-electron chi connectivity index (χ3n) is 5.53. The Bertz CT molecular complexity index is 665. The Hall–Kier alpha value is -2.03. The van der Waals surface area contributed by atoms with Gasteiger partial charge in [0.1, 0.15) is 5.54 Å². The number of aromatic nitrogens is 1. The molecule has 1 atom stereocenters. The topological polar surface area (TPSA) is 86.8 Å². The molecule has 0 spiro atoms. The van der Waals surface area contributed by atoms with Crippen LogP contribution in [-0.4, -0.2) is 91.2 Å². The molecule has 2 N–H and O–H groups in total. The van der Waals surface area contributed by atoms with Gasteiger partial charge in [-0.1, -0.05) is 0 Å². The van der Waals surface area contributed by atoms with Gasteiger partial charge in [-0.05, 0) is 38.9 Å². The predicted octanol–water partition coefficient (Wildman–Crippen LogP) is 0.669. The summed E-state index contributed by atoms with van der Waals surface area (Å²) in [6.07, 6.45) is 2.18. The van der Waals surface area contributed by atoms with Crippen LogP contribution in [0.5, 0.6) is 0 Å². The van der Waals surface area contributed by atoms with Crippen LogP contribution in [0.25, 0.3) is 0 Å². The highest BCUT2D eigenvalue weighted by Gasteiger charge is 2.44. The van der Waals surface area contributed by atoms with Gasteiger partial charge in [-0.25, -0.2) is 4.79 Å². The van der Waals surface area contributed by atoms with Gasteiger partial charge in [0.15, 0.2) is 5.78 Å². The van der Waals surface area contributed by atoms with Crippen molar-refractivity contribution in [2.75, 3.05) is 59.0 Å². The third kappa shape index (κ3) is 4.87. The lowest BCUT2D eigenvalue weighted by Crippen LogP contribution is -2.61. The number of amides is 2. The highest BCUT2D eigenvalue weighted by atomic mass is 16.5. The number of ketones is 1. The zero-order chi connectivity index (χ0) is 20.0. The summed E-state index contributed by atoms with van der Waals surface area (Å²) in [6, 6.07) is 3.45. The second-order valence-corrected chi connectivity index (χ2v) is 7.48. The number of urea groups is 1. The quantitative estimate of drug-likeness (QED) is 0.527. The molecule has 3 rings (SSSR count). The second-order valence-electron chi connectivity index (χ2n) is 7.48. The zero-order valence-corrected chi connectivity index (χ0v) is 16.9. The number of carbonyl (C=O) groups is 2.